The lowest BCUT2D eigenvalue weighted by Gasteiger charge is -2.29. The van der Waals surface area contributed by atoms with Crippen LogP contribution in [0.5, 0.6) is 0 Å². The minimum atomic E-state index is -0.0926. The number of aromatic amines is 1. The number of aromatic nitrogens is 2. The van der Waals surface area contributed by atoms with Gasteiger partial charge in [0.2, 0.25) is 0 Å². The van der Waals surface area contributed by atoms with E-state index in [1.807, 2.05) is 0 Å². The molecule has 2 N–H and O–H groups in total. The molecule has 0 unspecified atom stereocenters. The molecule has 0 saturated carbocycles. The summed E-state index contributed by atoms with van der Waals surface area (Å²) in [6, 6.07) is 5.21. The van der Waals surface area contributed by atoms with E-state index in [0.717, 1.165) is 44.3 Å². The summed E-state index contributed by atoms with van der Waals surface area (Å²) < 4.78 is 0. The lowest BCUT2D eigenvalue weighted by atomic mass is 9.97. The molecule has 1 aliphatic rings. The fourth-order valence-electron chi connectivity index (χ4n) is 3.43. The minimum absolute atomic E-state index is 0. The summed E-state index contributed by atoms with van der Waals surface area (Å²) in [5.41, 5.74) is 0.574. The van der Waals surface area contributed by atoms with Gasteiger partial charge in [-0.2, -0.15) is 0 Å². The van der Waals surface area contributed by atoms with Crippen molar-refractivity contribution >= 4 is 34.9 Å². The number of halogens is 2. The Bertz CT molecular complexity index is 743. The maximum absolute atomic E-state index is 12.3. The molecule has 0 amide bonds. The Balaban J connectivity index is 0.00000225. The van der Waals surface area contributed by atoms with Crippen LogP contribution >= 0.6 is 24.0 Å². The van der Waals surface area contributed by atoms with Crippen LogP contribution in [0.15, 0.2) is 23.0 Å². The molecular formula is C18H26Cl2N4O. The summed E-state index contributed by atoms with van der Waals surface area (Å²) in [7, 11) is 0. The molecule has 0 bridgehead atoms. The summed E-state index contributed by atoms with van der Waals surface area (Å²) >= 11 is 6.04. The normalized spacial score (nSPS) is 15.5. The summed E-state index contributed by atoms with van der Waals surface area (Å²) in [5, 5.41) is 4.60. The van der Waals surface area contributed by atoms with Crippen molar-refractivity contribution in [3.8, 4) is 0 Å². The van der Waals surface area contributed by atoms with Crippen LogP contribution < -0.4 is 10.9 Å². The Morgan fingerprint density at radius 2 is 2.08 bits per heavy atom. The first kappa shape index (κ1) is 20.2. The summed E-state index contributed by atoms with van der Waals surface area (Å²) in [6.45, 7) is 7.15. The van der Waals surface area contributed by atoms with E-state index in [4.69, 9.17) is 11.6 Å². The predicted molar refractivity (Wildman–Crippen MR) is 106 cm³/mol. The molecule has 5 nitrogen and oxygen atoms in total. The topological polar surface area (TPSA) is 61.0 Å². The van der Waals surface area contributed by atoms with Gasteiger partial charge in [-0.1, -0.05) is 18.5 Å². The molecule has 1 aromatic heterocycles. The first-order valence-electron chi connectivity index (χ1n) is 8.77. The highest BCUT2D eigenvalue weighted by Gasteiger charge is 2.17. The quantitative estimate of drug-likeness (QED) is 0.802. The molecule has 0 aliphatic carbocycles. The molecule has 25 heavy (non-hydrogen) atoms. The molecular weight excluding hydrogens is 359 g/mol. The van der Waals surface area contributed by atoms with Gasteiger partial charge in [-0.25, -0.2) is 4.98 Å². The minimum Gasteiger partial charge on any atom is -0.317 e. The molecule has 1 aliphatic heterocycles. The maximum atomic E-state index is 12.3. The van der Waals surface area contributed by atoms with Crippen molar-refractivity contribution < 1.29 is 0 Å². The molecule has 3 rings (SSSR count). The molecule has 0 radical (unpaired) electrons. The molecule has 1 fully saturated rings. The monoisotopic (exact) mass is 384 g/mol. The van der Waals surface area contributed by atoms with Gasteiger partial charge in [0.15, 0.2) is 0 Å². The van der Waals surface area contributed by atoms with Gasteiger partial charge >= 0.3 is 0 Å². The molecule has 7 heteroatoms. The molecule has 1 saturated heterocycles. The van der Waals surface area contributed by atoms with Gasteiger partial charge in [0.25, 0.3) is 5.56 Å². The molecule has 0 atom stereocenters. The number of benzene rings is 1. The average molecular weight is 385 g/mol. The van der Waals surface area contributed by atoms with E-state index in [1.54, 1.807) is 18.2 Å². The van der Waals surface area contributed by atoms with E-state index in [9.17, 15) is 4.79 Å². The average Bonchev–Trinajstić information content (AvgIpc) is 2.55. The van der Waals surface area contributed by atoms with E-state index in [-0.39, 0.29) is 18.0 Å². The number of fused-ring (bicyclic) bond motifs is 1. The summed E-state index contributed by atoms with van der Waals surface area (Å²) in [4.78, 5) is 22.2. The first-order valence-corrected chi connectivity index (χ1v) is 9.15. The van der Waals surface area contributed by atoms with Crippen LogP contribution in [0.2, 0.25) is 5.02 Å². The van der Waals surface area contributed by atoms with Crippen LogP contribution in [0, 0.1) is 5.92 Å². The second kappa shape index (κ2) is 9.53. The van der Waals surface area contributed by atoms with Crippen molar-refractivity contribution in [2.45, 2.75) is 32.7 Å². The van der Waals surface area contributed by atoms with E-state index in [0.29, 0.717) is 22.5 Å². The van der Waals surface area contributed by atoms with E-state index in [1.165, 1.54) is 12.8 Å². The van der Waals surface area contributed by atoms with Crippen molar-refractivity contribution in [1.82, 2.24) is 20.2 Å². The third kappa shape index (κ3) is 5.42. The fourth-order valence-corrected chi connectivity index (χ4v) is 3.59. The zero-order valence-corrected chi connectivity index (χ0v) is 16.1. The molecule has 2 heterocycles. The van der Waals surface area contributed by atoms with Gasteiger partial charge in [0.05, 0.1) is 17.4 Å². The Morgan fingerprint density at radius 3 is 2.80 bits per heavy atom. The van der Waals surface area contributed by atoms with Gasteiger partial charge in [-0.05, 0) is 63.0 Å². The van der Waals surface area contributed by atoms with Crippen LogP contribution in [-0.4, -0.2) is 41.0 Å². The Labute approximate surface area is 159 Å². The van der Waals surface area contributed by atoms with Crippen LogP contribution in [-0.2, 0) is 6.54 Å². The molecule has 138 valence electrons. The fraction of sp³-hybridized carbons (Fsp3) is 0.556. The Kier molecular flexibility index (Phi) is 7.69. The highest BCUT2D eigenvalue weighted by Crippen LogP contribution is 2.17. The first-order chi connectivity index (χ1) is 11.7. The third-order valence-corrected chi connectivity index (χ3v) is 4.84. The zero-order chi connectivity index (χ0) is 16.9. The van der Waals surface area contributed by atoms with Gasteiger partial charge in [-0.15, -0.1) is 12.4 Å². The van der Waals surface area contributed by atoms with Crippen LogP contribution in [0.25, 0.3) is 10.9 Å². The van der Waals surface area contributed by atoms with Gasteiger partial charge in [0.1, 0.15) is 5.82 Å². The molecule has 1 aromatic carbocycles. The lowest BCUT2D eigenvalue weighted by molar-refractivity contribution is 0.195. The van der Waals surface area contributed by atoms with E-state index < -0.39 is 0 Å². The second-order valence-corrected chi connectivity index (χ2v) is 7.04. The molecule has 2 aromatic rings. The largest absolute Gasteiger partial charge is 0.317 e. The Morgan fingerprint density at radius 1 is 1.32 bits per heavy atom. The standard InChI is InChI=1S/C18H25ClN4O.ClH/c1-2-9-23(11-13-5-7-20-8-6-13)12-17-21-16-10-14(19)3-4-15(16)18(24)22-17;/h3-4,10,13,20H,2,5-9,11-12H2,1H3,(H,21,22,24);1H. The zero-order valence-electron chi connectivity index (χ0n) is 14.6. The number of nitrogens with one attached hydrogen (secondary N) is 2. The smallest absolute Gasteiger partial charge is 0.258 e. The number of hydrogen-bond donors (Lipinski definition) is 2. The summed E-state index contributed by atoms with van der Waals surface area (Å²) in [6.07, 6.45) is 3.53. The number of hydrogen-bond acceptors (Lipinski definition) is 4. The van der Waals surface area contributed by atoms with Gasteiger partial charge in [-0.3, -0.25) is 9.69 Å². The molecule has 0 spiro atoms. The van der Waals surface area contributed by atoms with Crippen molar-refractivity contribution in [1.29, 1.82) is 0 Å². The van der Waals surface area contributed by atoms with Crippen molar-refractivity contribution in [2.24, 2.45) is 5.92 Å². The van der Waals surface area contributed by atoms with Crippen LogP contribution in [0.1, 0.15) is 32.0 Å². The maximum Gasteiger partial charge on any atom is 0.258 e. The third-order valence-electron chi connectivity index (χ3n) is 4.61. The van der Waals surface area contributed by atoms with Crippen LogP contribution in [0.3, 0.4) is 0 Å². The number of H-pyrrole nitrogens is 1. The number of piperidine rings is 1. The van der Waals surface area contributed by atoms with Crippen LogP contribution in [0.4, 0.5) is 0 Å². The van der Waals surface area contributed by atoms with Crippen molar-refractivity contribution in [2.75, 3.05) is 26.2 Å². The van der Waals surface area contributed by atoms with Crippen molar-refractivity contribution in [3.63, 3.8) is 0 Å². The van der Waals surface area contributed by atoms with Gasteiger partial charge < -0.3 is 10.3 Å². The Hall–Kier alpha value is -1.14. The second-order valence-electron chi connectivity index (χ2n) is 6.60. The van der Waals surface area contributed by atoms with E-state index in [2.05, 4.69) is 27.1 Å². The SMILES string of the molecule is CCCN(Cc1nc2cc(Cl)ccc2c(=O)[nH]1)CC1CCNCC1.Cl. The lowest BCUT2D eigenvalue weighted by Crippen LogP contribution is -2.36. The predicted octanol–water partition coefficient (Wildman–Crippen LogP) is 3.21. The highest BCUT2D eigenvalue weighted by atomic mass is 35.5. The summed E-state index contributed by atoms with van der Waals surface area (Å²) in [5.74, 6) is 1.44. The number of rotatable bonds is 6. The van der Waals surface area contributed by atoms with E-state index >= 15 is 0 Å². The number of nitrogens with zero attached hydrogens (tertiary/aromatic N) is 2. The van der Waals surface area contributed by atoms with Gasteiger partial charge in [0, 0.05) is 11.6 Å². The van der Waals surface area contributed by atoms with Crippen molar-refractivity contribution in [3.05, 3.63) is 39.4 Å². The highest BCUT2D eigenvalue weighted by molar-refractivity contribution is 6.31.